The molecule has 4 rings (SSSR count). The molecule has 2 aliphatic rings. The third-order valence-electron chi connectivity index (χ3n) is 6.07. The first-order chi connectivity index (χ1) is 14.0. The number of fused-ring (bicyclic) bond motifs is 2. The van der Waals surface area contributed by atoms with Crippen molar-refractivity contribution in [1.29, 1.82) is 0 Å². The molecule has 2 unspecified atom stereocenters. The number of nitrogen functional groups attached to an aromatic ring is 1. The van der Waals surface area contributed by atoms with Crippen molar-refractivity contribution < 1.29 is 9.53 Å². The Balaban J connectivity index is 1.43. The topological polar surface area (TPSA) is 67.6 Å². The van der Waals surface area contributed by atoms with E-state index in [1.54, 1.807) is 12.1 Å². The third-order valence-corrected chi connectivity index (χ3v) is 6.76. The average molecular weight is 458 g/mol. The molecule has 2 aromatic rings. The first-order valence-electron chi connectivity index (χ1n) is 10.4. The van der Waals surface area contributed by atoms with Gasteiger partial charge in [0, 0.05) is 40.9 Å². The van der Waals surface area contributed by atoms with E-state index in [2.05, 4.69) is 56.5 Å². The molecule has 2 saturated heterocycles. The highest BCUT2D eigenvalue weighted by Gasteiger charge is 2.41. The molecule has 3 N–H and O–H groups in total. The van der Waals surface area contributed by atoms with Gasteiger partial charge >= 0.3 is 0 Å². The first-order valence-corrected chi connectivity index (χ1v) is 11.2. The quantitative estimate of drug-likeness (QED) is 0.632. The molecule has 154 valence electrons. The van der Waals surface area contributed by atoms with E-state index in [1.807, 2.05) is 6.92 Å². The van der Waals surface area contributed by atoms with Gasteiger partial charge in [0.05, 0.1) is 12.2 Å². The second-order valence-electron chi connectivity index (χ2n) is 7.99. The van der Waals surface area contributed by atoms with E-state index < -0.39 is 0 Å². The number of nitrogens with two attached hydrogens (primary N) is 1. The van der Waals surface area contributed by atoms with Crippen LogP contribution in [0.2, 0.25) is 0 Å². The van der Waals surface area contributed by atoms with Crippen LogP contribution in [0.4, 0.5) is 5.69 Å². The molecule has 0 spiro atoms. The van der Waals surface area contributed by atoms with Crippen LogP contribution >= 0.6 is 15.9 Å². The highest BCUT2D eigenvalue weighted by atomic mass is 79.9. The summed E-state index contributed by atoms with van der Waals surface area (Å²) in [5.41, 5.74) is 8.43. The van der Waals surface area contributed by atoms with E-state index in [1.165, 1.54) is 18.4 Å². The lowest BCUT2D eigenvalue weighted by molar-refractivity contribution is 0.0825. The maximum atomic E-state index is 13.0. The number of carbonyl (C=O) groups is 1. The predicted octanol–water partition coefficient (Wildman–Crippen LogP) is 4.36. The van der Waals surface area contributed by atoms with Crippen molar-refractivity contribution in [2.75, 3.05) is 12.3 Å². The molecular weight excluding hydrogens is 430 g/mol. The van der Waals surface area contributed by atoms with Crippen LogP contribution in [-0.4, -0.2) is 35.5 Å². The molecule has 2 bridgehead atoms. The van der Waals surface area contributed by atoms with E-state index in [4.69, 9.17) is 10.5 Å². The van der Waals surface area contributed by atoms with Crippen LogP contribution in [0.1, 0.15) is 48.5 Å². The van der Waals surface area contributed by atoms with E-state index in [-0.39, 0.29) is 11.9 Å². The minimum absolute atomic E-state index is 0.0879. The molecule has 2 fully saturated rings. The number of amides is 1. The summed E-state index contributed by atoms with van der Waals surface area (Å²) in [4.78, 5) is 15.6. The van der Waals surface area contributed by atoms with Crippen LogP contribution in [0, 0.1) is 0 Å². The summed E-state index contributed by atoms with van der Waals surface area (Å²) in [5, 5.41) is 3.26. The number of hydrogen-bond acceptors (Lipinski definition) is 4. The van der Waals surface area contributed by atoms with Gasteiger partial charge in [-0.05, 0) is 60.2 Å². The zero-order chi connectivity index (χ0) is 20.4. The number of benzene rings is 2. The van der Waals surface area contributed by atoms with Gasteiger partial charge in [0.2, 0.25) is 0 Å². The smallest absolute Gasteiger partial charge is 0.255 e. The van der Waals surface area contributed by atoms with Crippen molar-refractivity contribution in [3.05, 3.63) is 58.1 Å². The Bertz CT molecular complexity index is 860. The highest BCUT2D eigenvalue weighted by Crippen LogP contribution is 2.37. The number of halogens is 1. The zero-order valence-electron chi connectivity index (χ0n) is 16.7. The van der Waals surface area contributed by atoms with E-state index in [9.17, 15) is 4.79 Å². The Morgan fingerprint density at radius 3 is 2.55 bits per heavy atom. The van der Waals surface area contributed by atoms with Gasteiger partial charge in [-0.25, -0.2) is 0 Å². The molecule has 5 nitrogen and oxygen atoms in total. The molecule has 2 atom stereocenters. The molecule has 29 heavy (non-hydrogen) atoms. The van der Waals surface area contributed by atoms with Gasteiger partial charge in [-0.1, -0.05) is 30.3 Å². The van der Waals surface area contributed by atoms with Gasteiger partial charge in [-0.3, -0.25) is 9.69 Å². The van der Waals surface area contributed by atoms with Crippen molar-refractivity contribution in [3.8, 4) is 5.75 Å². The average Bonchev–Trinajstić information content (AvgIpc) is 2.94. The van der Waals surface area contributed by atoms with Gasteiger partial charge in [-0.2, -0.15) is 0 Å². The van der Waals surface area contributed by atoms with Gasteiger partial charge in [-0.15, -0.1) is 0 Å². The number of nitrogens with zero attached hydrogens (tertiary/aromatic N) is 1. The number of rotatable bonds is 6. The molecule has 2 heterocycles. The largest absolute Gasteiger partial charge is 0.493 e. The van der Waals surface area contributed by atoms with Crippen molar-refractivity contribution in [2.45, 2.75) is 57.3 Å². The summed E-state index contributed by atoms with van der Waals surface area (Å²) in [6, 6.07) is 15.4. The molecule has 1 amide bonds. The summed E-state index contributed by atoms with van der Waals surface area (Å²) in [6.07, 6.45) is 4.41. The maximum absolute atomic E-state index is 13.0. The number of hydrogen-bond donors (Lipinski definition) is 2. The van der Waals surface area contributed by atoms with Crippen LogP contribution in [-0.2, 0) is 6.54 Å². The Kier molecular flexibility index (Phi) is 6.11. The Morgan fingerprint density at radius 2 is 1.90 bits per heavy atom. The number of carbonyl (C=O) groups excluding carboxylic acids is 1. The van der Waals surface area contributed by atoms with Crippen LogP contribution in [0.3, 0.4) is 0 Å². The fourth-order valence-corrected chi connectivity index (χ4v) is 5.07. The minimum Gasteiger partial charge on any atom is -0.493 e. The second-order valence-corrected chi connectivity index (χ2v) is 8.84. The predicted molar refractivity (Wildman–Crippen MR) is 119 cm³/mol. The number of ether oxygens (including phenoxy) is 1. The van der Waals surface area contributed by atoms with Crippen molar-refractivity contribution in [3.63, 3.8) is 0 Å². The number of nitrogens with one attached hydrogen (secondary N) is 1. The molecule has 6 heteroatoms. The lowest BCUT2D eigenvalue weighted by atomic mass is 9.96. The minimum atomic E-state index is -0.0879. The summed E-state index contributed by atoms with van der Waals surface area (Å²) < 4.78 is 6.36. The first kappa shape index (κ1) is 20.2. The molecule has 2 aromatic carbocycles. The fourth-order valence-electron chi connectivity index (χ4n) is 4.73. The number of piperidine rings is 1. The van der Waals surface area contributed by atoms with Crippen molar-refractivity contribution >= 4 is 27.5 Å². The lowest BCUT2D eigenvalue weighted by Gasteiger charge is -2.39. The lowest BCUT2D eigenvalue weighted by Crippen LogP contribution is -2.50. The van der Waals surface area contributed by atoms with Gasteiger partial charge in [0.1, 0.15) is 5.75 Å². The molecule has 2 aliphatic heterocycles. The summed E-state index contributed by atoms with van der Waals surface area (Å²) >= 11 is 3.43. The molecular formula is C23H28BrN3O2. The zero-order valence-corrected chi connectivity index (χ0v) is 18.3. The number of anilines is 1. The van der Waals surface area contributed by atoms with Gasteiger partial charge < -0.3 is 15.8 Å². The molecule has 0 aromatic heterocycles. The van der Waals surface area contributed by atoms with Crippen LogP contribution in [0.25, 0.3) is 0 Å². The van der Waals surface area contributed by atoms with E-state index in [0.29, 0.717) is 40.2 Å². The summed E-state index contributed by atoms with van der Waals surface area (Å²) in [6.45, 7) is 3.39. The van der Waals surface area contributed by atoms with Crippen LogP contribution in [0.5, 0.6) is 5.75 Å². The fraction of sp³-hybridized carbons (Fsp3) is 0.435. The van der Waals surface area contributed by atoms with Crippen LogP contribution < -0.4 is 15.8 Å². The molecule has 0 saturated carbocycles. The van der Waals surface area contributed by atoms with Gasteiger partial charge in [0.15, 0.2) is 0 Å². The summed E-state index contributed by atoms with van der Waals surface area (Å²) in [7, 11) is 0. The Hall–Kier alpha value is -2.05. The second kappa shape index (κ2) is 8.76. The Morgan fingerprint density at radius 1 is 1.21 bits per heavy atom. The standard InChI is InChI=1S/C23H28BrN3O2/c1-2-29-22-13-21(25)20(24)12-19(22)23(28)26-16-10-17-8-9-18(11-16)27(17)14-15-6-4-3-5-7-15/h3-7,12-13,16-18H,2,8-11,14,25H2,1H3,(H,26,28). The van der Waals surface area contributed by atoms with Gasteiger partial charge in [0.25, 0.3) is 5.91 Å². The summed E-state index contributed by atoms with van der Waals surface area (Å²) in [5.74, 6) is 0.449. The molecule has 0 aliphatic carbocycles. The monoisotopic (exact) mass is 457 g/mol. The Labute approximate surface area is 180 Å². The SMILES string of the molecule is CCOc1cc(N)c(Br)cc1C(=O)NC1CC2CCC(C1)N2Cc1ccccc1. The third kappa shape index (κ3) is 4.43. The van der Waals surface area contributed by atoms with Crippen molar-refractivity contribution in [2.24, 2.45) is 0 Å². The molecule has 0 radical (unpaired) electrons. The van der Waals surface area contributed by atoms with Crippen LogP contribution in [0.15, 0.2) is 46.9 Å². The van der Waals surface area contributed by atoms with E-state index in [0.717, 1.165) is 19.4 Å². The van der Waals surface area contributed by atoms with Crippen molar-refractivity contribution in [1.82, 2.24) is 10.2 Å². The highest BCUT2D eigenvalue weighted by molar-refractivity contribution is 9.10. The van der Waals surface area contributed by atoms with E-state index >= 15 is 0 Å². The normalized spacial score (nSPS) is 23.7. The maximum Gasteiger partial charge on any atom is 0.255 e.